The maximum atomic E-state index is 13.4. The zero-order valence-corrected chi connectivity index (χ0v) is 9.53. The Labute approximate surface area is 96.2 Å². The molecule has 1 aromatic carbocycles. The topological polar surface area (TPSA) is 48.2 Å². The van der Waals surface area contributed by atoms with E-state index in [0.717, 1.165) is 11.8 Å². The van der Waals surface area contributed by atoms with E-state index in [1.807, 2.05) is 0 Å². The summed E-state index contributed by atoms with van der Waals surface area (Å²) >= 11 is 1.09. The second-order valence-corrected chi connectivity index (χ2v) is 3.73. The number of benzene rings is 1. The molecule has 0 aromatic heterocycles. The number of hydrogen-bond donors (Lipinski definition) is 1. The van der Waals surface area contributed by atoms with Gasteiger partial charge in [0.1, 0.15) is 5.69 Å². The van der Waals surface area contributed by atoms with Gasteiger partial charge in [0.2, 0.25) is 0 Å². The molecule has 0 heterocycles. The van der Waals surface area contributed by atoms with Crippen LogP contribution in [0.25, 0.3) is 0 Å². The molecular weight excluding hydrogens is 232 g/mol. The van der Waals surface area contributed by atoms with Crippen molar-refractivity contribution in [2.75, 3.05) is 6.26 Å². The highest BCUT2D eigenvalue weighted by Gasteiger charge is 2.10. The summed E-state index contributed by atoms with van der Waals surface area (Å²) in [6.45, 7) is 1.59. The van der Waals surface area contributed by atoms with Gasteiger partial charge in [0.05, 0.1) is 0 Å². The minimum absolute atomic E-state index is 0.143. The Morgan fingerprint density at radius 2 is 2.00 bits per heavy atom. The van der Waals surface area contributed by atoms with Crippen molar-refractivity contribution in [3.05, 3.63) is 29.3 Å². The molecule has 1 N–H and O–H groups in total. The number of aryl methyl sites for hydroxylation is 1. The average molecular weight is 241 g/mol. The van der Waals surface area contributed by atoms with Gasteiger partial charge in [0.25, 0.3) is 0 Å². The van der Waals surface area contributed by atoms with E-state index in [2.05, 4.69) is 10.3 Å². The molecular formula is C10H9F2N3S. The standard InChI is InChI=1S/C10H9F2N3S/c1-6-3-7(11)9(8(12)4-6)15-10(16-2)14-5-13/h3-4H,1-2H3,(H,14,15). The van der Waals surface area contributed by atoms with Crippen molar-refractivity contribution >= 4 is 22.6 Å². The Kier molecular flexibility index (Phi) is 4.26. The number of nitriles is 1. The molecule has 0 spiro atoms. The van der Waals surface area contributed by atoms with E-state index in [1.165, 1.54) is 12.1 Å². The number of amidine groups is 1. The highest BCUT2D eigenvalue weighted by Crippen LogP contribution is 2.24. The first-order chi connectivity index (χ1) is 7.58. The lowest BCUT2D eigenvalue weighted by Crippen LogP contribution is -2.12. The predicted octanol–water partition coefficient (Wildman–Crippen LogP) is 2.69. The van der Waals surface area contributed by atoms with E-state index >= 15 is 0 Å². The quantitative estimate of drug-likeness (QED) is 0.356. The van der Waals surface area contributed by atoms with E-state index in [4.69, 9.17) is 5.26 Å². The smallest absolute Gasteiger partial charge is 0.183 e. The molecule has 0 radical (unpaired) electrons. The fraction of sp³-hybridized carbons (Fsp3) is 0.200. The monoisotopic (exact) mass is 241 g/mol. The lowest BCUT2D eigenvalue weighted by Gasteiger charge is -2.03. The summed E-state index contributed by atoms with van der Waals surface area (Å²) in [4.78, 5) is 3.70. The lowest BCUT2D eigenvalue weighted by molar-refractivity contribution is 0.585. The Hall–Kier alpha value is -1.61. The van der Waals surface area contributed by atoms with Crippen molar-refractivity contribution in [1.82, 2.24) is 5.32 Å². The van der Waals surface area contributed by atoms with Gasteiger partial charge < -0.3 is 0 Å². The summed E-state index contributed by atoms with van der Waals surface area (Å²) in [7, 11) is 0. The number of rotatable bonds is 1. The first kappa shape index (κ1) is 12.5. The van der Waals surface area contributed by atoms with E-state index in [1.54, 1.807) is 19.4 Å². The highest BCUT2D eigenvalue weighted by atomic mass is 32.2. The van der Waals surface area contributed by atoms with Crippen molar-refractivity contribution in [1.29, 1.82) is 5.26 Å². The summed E-state index contributed by atoms with van der Waals surface area (Å²) in [5.41, 5.74) is 0.0885. The number of aliphatic imine (C=N–C) groups is 1. The zero-order chi connectivity index (χ0) is 12.1. The van der Waals surface area contributed by atoms with Crippen LogP contribution in [0.5, 0.6) is 0 Å². The predicted molar refractivity (Wildman–Crippen MR) is 60.5 cm³/mol. The van der Waals surface area contributed by atoms with Gasteiger partial charge >= 0.3 is 0 Å². The Balaban J connectivity index is 3.19. The molecule has 0 aliphatic carbocycles. The molecule has 0 bridgehead atoms. The summed E-state index contributed by atoms with van der Waals surface area (Å²) in [6.07, 6.45) is 3.29. The molecule has 6 heteroatoms. The molecule has 84 valence electrons. The number of nitrogens with zero attached hydrogens (tertiary/aromatic N) is 2. The van der Waals surface area contributed by atoms with E-state index in [-0.39, 0.29) is 5.17 Å². The molecule has 0 saturated carbocycles. The second kappa shape index (κ2) is 5.47. The maximum absolute atomic E-state index is 13.4. The maximum Gasteiger partial charge on any atom is 0.183 e. The van der Waals surface area contributed by atoms with Gasteiger partial charge in [-0.25, -0.2) is 13.8 Å². The summed E-state index contributed by atoms with van der Waals surface area (Å²) in [6, 6.07) is 2.37. The molecule has 0 unspecified atom stereocenters. The first-order valence-electron chi connectivity index (χ1n) is 4.32. The average Bonchev–Trinajstić information content (AvgIpc) is 2.21. The Morgan fingerprint density at radius 1 is 1.44 bits per heavy atom. The fourth-order valence-electron chi connectivity index (χ4n) is 1.07. The van der Waals surface area contributed by atoms with E-state index in [9.17, 15) is 8.78 Å². The van der Waals surface area contributed by atoms with E-state index < -0.39 is 17.3 Å². The van der Waals surface area contributed by atoms with Crippen LogP contribution in [0.1, 0.15) is 5.56 Å². The van der Waals surface area contributed by atoms with Crippen LogP contribution in [-0.4, -0.2) is 11.4 Å². The van der Waals surface area contributed by atoms with Gasteiger partial charge in [-0.2, -0.15) is 5.26 Å². The number of halogens is 2. The highest BCUT2D eigenvalue weighted by molar-refractivity contribution is 8.13. The summed E-state index contributed by atoms with van der Waals surface area (Å²) < 4.78 is 26.8. The van der Waals surface area contributed by atoms with Crippen LogP contribution in [0.3, 0.4) is 0 Å². The molecule has 0 atom stereocenters. The van der Waals surface area contributed by atoms with Gasteiger partial charge in [-0.3, -0.25) is 5.32 Å². The summed E-state index contributed by atoms with van der Waals surface area (Å²) in [5, 5.41) is 10.8. The molecule has 16 heavy (non-hydrogen) atoms. The van der Waals surface area contributed by atoms with Crippen molar-refractivity contribution in [2.24, 2.45) is 4.99 Å². The van der Waals surface area contributed by atoms with Gasteiger partial charge in [-0.05, 0) is 30.9 Å². The number of hydrogen-bond acceptors (Lipinski definition) is 3. The number of nitrogens with one attached hydrogen (secondary N) is 1. The van der Waals surface area contributed by atoms with Crippen LogP contribution in [0.2, 0.25) is 0 Å². The molecule has 3 nitrogen and oxygen atoms in total. The second-order valence-electron chi connectivity index (χ2n) is 2.94. The van der Waals surface area contributed by atoms with Crippen LogP contribution in [0, 0.1) is 30.0 Å². The van der Waals surface area contributed by atoms with Crippen molar-refractivity contribution in [2.45, 2.75) is 6.92 Å². The third-order valence-corrected chi connectivity index (χ3v) is 2.31. The molecule has 0 amide bonds. The van der Waals surface area contributed by atoms with Crippen LogP contribution < -0.4 is 5.32 Å². The van der Waals surface area contributed by atoms with Crippen molar-refractivity contribution in [3.8, 4) is 6.19 Å². The minimum atomic E-state index is -0.746. The Morgan fingerprint density at radius 3 is 2.44 bits per heavy atom. The largest absolute Gasteiger partial charge is 0.271 e. The molecule has 1 rings (SSSR count). The number of thioether (sulfide) groups is 1. The fourth-order valence-corrected chi connectivity index (χ4v) is 1.40. The summed E-state index contributed by atoms with van der Waals surface area (Å²) in [5.74, 6) is -1.49. The molecule has 1 aromatic rings. The normalized spacial score (nSPS) is 11.1. The third-order valence-electron chi connectivity index (χ3n) is 1.73. The van der Waals surface area contributed by atoms with Crippen molar-refractivity contribution < 1.29 is 8.78 Å². The Bertz CT molecular complexity index is 443. The van der Waals surface area contributed by atoms with Crippen LogP contribution >= 0.6 is 11.8 Å². The molecule has 0 saturated heterocycles. The first-order valence-corrected chi connectivity index (χ1v) is 5.54. The van der Waals surface area contributed by atoms with Gasteiger partial charge in [-0.1, -0.05) is 11.8 Å². The van der Waals surface area contributed by atoms with E-state index in [0.29, 0.717) is 5.56 Å². The van der Waals surface area contributed by atoms with Crippen molar-refractivity contribution in [3.63, 3.8) is 0 Å². The lowest BCUT2D eigenvalue weighted by atomic mass is 10.2. The zero-order valence-electron chi connectivity index (χ0n) is 8.71. The van der Waals surface area contributed by atoms with Crippen LogP contribution in [-0.2, 0) is 0 Å². The molecule has 0 fully saturated rings. The SMILES string of the molecule is CSC(=Nc1c(F)cc(C)cc1F)NC#N. The molecule has 0 aliphatic rings. The van der Waals surface area contributed by atoms with Gasteiger partial charge in [0, 0.05) is 0 Å². The van der Waals surface area contributed by atoms with Gasteiger partial charge in [-0.15, -0.1) is 0 Å². The third kappa shape index (κ3) is 2.94. The molecule has 0 aliphatic heterocycles. The van der Waals surface area contributed by atoms with Crippen LogP contribution in [0.15, 0.2) is 17.1 Å². The van der Waals surface area contributed by atoms with Crippen LogP contribution in [0.4, 0.5) is 14.5 Å². The van der Waals surface area contributed by atoms with Gasteiger partial charge in [0.15, 0.2) is 23.0 Å². The minimum Gasteiger partial charge on any atom is -0.271 e.